The van der Waals surface area contributed by atoms with Gasteiger partial charge in [-0.2, -0.15) is 0 Å². The van der Waals surface area contributed by atoms with Crippen molar-refractivity contribution in [2.45, 2.75) is 31.2 Å². The Balaban J connectivity index is 1.58. The van der Waals surface area contributed by atoms with Gasteiger partial charge in [0, 0.05) is 28.5 Å². The van der Waals surface area contributed by atoms with Crippen LogP contribution in [0.25, 0.3) is 11.1 Å². The van der Waals surface area contributed by atoms with Gasteiger partial charge in [0.2, 0.25) is 0 Å². The average molecular weight is 438 g/mol. The largest absolute Gasteiger partial charge is 0.421 e. The van der Waals surface area contributed by atoms with Crippen molar-refractivity contribution in [2.75, 3.05) is 0 Å². The summed E-state index contributed by atoms with van der Waals surface area (Å²) in [5.74, 6) is -3.91. The molecule has 7 heteroatoms. The summed E-state index contributed by atoms with van der Waals surface area (Å²) in [6.07, 6.45) is 3.34. The fourth-order valence-electron chi connectivity index (χ4n) is 3.62. The number of aliphatic hydroxyl groups excluding tert-OH is 1. The van der Waals surface area contributed by atoms with Gasteiger partial charge >= 0.3 is 11.9 Å². The second-order valence-corrected chi connectivity index (χ2v) is 7.76. The number of nitrogens with zero attached hydrogens (tertiary/aromatic N) is 1. The van der Waals surface area contributed by atoms with E-state index in [0.717, 1.165) is 16.7 Å². The zero-order valence-electron chi connectivity index (χ0n) is 16.5. The van der Waals surface area contributed by atoms with Gasteiger partial charge in [-0.3, -0.25) is 4.98 Å². The van der Waals surface area contributed by atoms with Gasteiger partial charge in [-0.05, 0) is 36.1 Å². The van der Waals surface area contributed by atoms with Crippen LogP contribution < -0.4 is 0 Å². The van der Waals surface area contributed by atoms with Crippen LogP contribution in [0.3, 0.4) is 0 Å². The van der Waals surface area contributed by atoms with Crippen LogP contribution in [0.15, 0.2) is 73.1 Å². The third-order valence-electron chi connectivity index (χ3n) is 5.17. The van der Waals surface area contributed by atoms with Crippen LogP contribution in [0.1, 0.15) is 24.0 Å². The molecule has 0 radical (unpaired) electrons. The normalized spacial score (nSPS) is 15.9. The lowest BCUT2D eigenvalue weighted by molar-refractivity contribution is -0.195. The van der Waals surface area contributed by atoms with Crippen molar-refractivity contribution in [2.24, 2.45) is 0 Å². The summed E-state index contributed by atoms with van der Waals surface area (Å²) in [6.45, 7) is 0. The minimum Gasteiger partial charge on any atom is -0.409 e. The minimum absolute atomic E-state index is 0.105. The highest BCUT2D eigenvalue weighted by Crippen LogP contribution is 2.40. The predicted octanol–water partition coefficient (Wildman–Crippen LogP) is 4.04. The second-order valence-electron chi connectivity index (χ2n) is 7.35. The zero-order chi connectivity index (χ0) is 21.8. The highest BCUT2D eigenvalue weighted by atomic mass is 35.5. The molecule has 1 aliphatic heterocycles. The van der Waals surface area contributed by atoms with E-state index in [0.29, 0.717) is 23.4 Å². The third kappa shape index (κ3) is 4.60. The van der Waals surface area contributed by atoms with E-state index >= 15 is 0 Å². The molecule has 0 spiro atoms. The highest BCUT2D eigenvalue weighted by molar-refractivity contribution is 6.33. The molecule has 0 amide bonds. The molecule has 4 rings (SSSR count). The van der Waals surface area contributed by atoms with Crippen molar-refractivity contribution in [1.29, 1.82) is 0 Å². The Kier molecular flexibility index (Phi) is 6.02. The molecule has 1 fully saturated rings. The molecule has 1 N–H and O–H groups in total. The van der Waals surface area contributed by atoms with E-state index in [1.165, 1.54) is 0 Å². The van der Waals surface area contributed by atoms with Crippen molar-refractivity contribution in [3.8, 4) is 11.1 Å². The van der Waals surface area contributed by atoms with Crippen LogP contribution >= 0.6 is 11.6 Å². The lowest BCUT2D eigenvalue weighted by atomic mass is 9.94. The number of pyridine rings is 1. The number of aryl methyl sites for hydroxylation is 1. The Bertz CT molecular complexity index is 1070. The Labute approximate surface area is 184 Å². The van der Waals surface area contributed by atoms with E-state index in [1.807, 2.05) is 42.5 Å². The van der Waals surface area contributed by atoms with Gasteiger partial charge in [-0.25, -0.2) is 9.59 Å². The molecule has 6 nitrogen and oxygen atoms in total. The maximum Gasteiger partial charge on any atom is 0.421 e. The molecule has 0 saturated carbocycles. The maximum atomic E-state index is 11.9. The second kappa shape index (κ2) is 8.88. The van der Waals surface area contributed by atoms with Crippen LogP contribution in [0.2, 0.25) is 5.02 Å². The van der Waals surface area contributed by atoms with Crippen LogP contribution in [-0.4, -0.2) is 28.1 Å². The van der Waals surface area contributed by atoms with E-state index in [9.17, 15) is 14.7 Å². The molecule has 1 saturated heterocycles. The first-order valence-electron chi connectivity index (χ1n) is 9.85. The monoisotopic (exact) mass is 437 g/mol. The molecule has 0 aliphatic carbocycles. The molecular weight excluding hydrogens is 418 g/mol. The van der Waals surface area contributed by atoms with Crippen molar-refractivity contribution < 1.29 is 24.2 Å². The maximum absolute atomic E-state index is 11.9. The summed E-state index contributed by atoms with van der Waals surface area (Å²) >= 11 is 6.50. The topological polar surface area (TPSA) is 85.7 Å². The number of ether oxygens (including phenoxy) is 2. The zero-order valence-corrected chi connectivity index (χ0v) is 17.3. The number of rotatable bonds is 7. The summed E-state index contributed by atoms with van der Waals surface area (Å²) in [5.41, 5.74) is 3.06. The molecule has 31 heavy (non-hydrogen) atoms. The van der Waals surface area contributed by atoms with E-state index in [1.54, 1.807) is 30.6 Å². The molecular formula is C24H20ClNO5. The molecule has 158 valence electrons. The van der Waals surface area contributed by atoms with Crippen LogP contribution in [0.4, 0.5) is 0 Å². The third-order valence-corrected chi connectivity index (χ3v) is 5.48. The van der Waals surface area contributed by atoms with E-state index < -0.39 is 23.8 Å². The molecule has 2 heterocycles. The number of hydrogen-bond donors (Lipinski definition) is 1. The Morgan fingerprint density at radius 3 is 2.39 bits per heavy atom. The van der Waals surface area contributed by atoms with Gasteiger partial charge < -0.3 is 14.6 Å². The van der Waals surface area contributed by atoms with Gasteiger partial charge in [-0.15, -0.1) is 0 Å². The Morgan fingerprint density at radius 2 is 1.74 bits per heavy atom. The number of carbonyl (C=O) groups excluding carboxylic acids is 2. The average Bonchev–Trinajstić information content (AvgIpc) is 3.07. The lowest BCUT2D eigenvalue weighted by Gasteiger charge is -2.28. The fourth-order valence-corrected chi connectivity index (χ4v) is 3.91. The van der Waals surface area contributed by atoms with E-state index in [2.05, 4.69) is 4.98 Å². The molecule has 1 atom stereocenters. The van der Waals surface area contributed by atoms with Gasteiger partial charge in [-0.1, -0.05) is 60.1 Å². The standard InChI is InChI=1S/C24H20ClNO5/c25-21-13-18(9-11-20(21)17-6-2-1-3-7-17)24(30-22(28)23(29)31-24)14-19(27)10-8-16-5-4-12-26-15-16/h1-7,9,11-13,15,19,27H,8,10,14H2/t19-/m1/s1. The Hall–Kier alpha value is -3.22. The fraction of sp³-hybridized carbons (Fsp3) is 0.208. The van der Waals surface area contributed by atoms with Gasteiger partial charge in [0.25, 0.3) is 5.79 Å². The van der Waals surface area contributed by atoms with Crippen molar-refractivity contribution in [3.63, 3.8) is 0 Å². The number of hydrogen-bond acceptors (Lipinski definition) is 6. The number of halogens is 1. The molecule has 0 unspecified atom stereocenters. The van der Waals surface area contributed by atoms with Crippen LogP contribution in [0.5, 0.6) is 0 Å². The van der Waals surface area contributed by atoms with Gasteiger partial charge in [0.05, 0.1) is 12.5 Å². The number of esters is 2. The van der Waals surface area contributed by atoms with E-state index in [-0.39, 0.29) is 6.42 Å². The molecule has 2 aromatic carbocycles. The first-order valence-corrected chi connectivity index (χ1v) is 10.2. The summed E-state index contributed by atoms with van der Waals surface area (Å²) in [6, 6.07) is 18.4. The predicted molar refractivity (Wildman–Crippen MR) is 114 cm³/mol. The highest BCUT2D eigenvalue weighted by Gasteiger charge is 2.51. The number of benzene rings is 2. The number of cyclic esters (lactones) is 2. The van der Waals surface area contributed by atoms with Crippen LogP contribution in [0, 0.1) is 0 Å². The van der Waals surface area contributed by atoms with E-state index in [4.69, 9.17) is 21.1 Å². The molecule has 1 aromatic heterocycles. The number of aromatic nitrogens is 1. The minimum atomic E-state index is -1.72. The van der Waals surface area contributed by atoms with Crippen molar-refractivity contribution in [3.05, 3.63) is 89.2 Å². The Morgan fingerprint density at radius 1 is 1.00 bits per heavy atom. The SMILES string of the molecule is O=C1OC(C[C@H](O)CCc2cccnc2)(c2ccc(-c3ccccc3)c(Cl)c2)OC1=O. The summed E-state index contributed by atoms with van der Waals surface area (Å²) < 4.78 is 10.7. The number of aliphatic hydroxyl groups is 1. The number of carbonyl (C=O) groups is 2. The lowest BCUT2D eigenvalue weighted by Crippen LogP contribution is -2.33. The van der Waals surface area contributed by atoms with Gasteiger partial charge in [0.15, 0.2) is 0 Å². The summed E-state index contributed by atoms with van der Waals surface area (Å²) in [4.78, 5) is 27.8. The molecule has 1 aliphatic rings. The van der Waals surface area contributed by atoms with Crippen molar-refractivity contribution >= 4 is 23.5 Å². The smallest absolute Gasteiger partial charge is 0.409 e. The van der Waals surface area contributed by atoms with Crippen LogP contribution in [-0.2, 0) is 31.3 Å². The summed E-state index contributed by atoms with van der Waals surface area (Å²) in [5, 5.41) is 11.0. The molecule has 0 bridgehead atoms. The van der Waals surface area contributed by atoms with Gasteiger partial charge in [0.1, 0.15) is 0 Å². The first-order chi connectivity index (χ1) is 15.0. The molecule has 3 aromatic rings. The quantitative estimate of drug-likeness (QED) is 0.443. The summed E-state index contributed by atoms with van der Waals surface area (Å²) in [7, 11) is 0. The first kappa shape index (κ1) is 21.0. The van der Waals surface area contributed by atoms with Crippen molar-refractivity contribution in [1.82, 2.24) is 4.98 Å².